The van der Waals surface area contributed by atoms with Gasteiger partial charge in [-0.05, 0) is 42.5 Å². The molecule has 23 heavy (non-hydrogen) atoms. The predicted octanol–water partition coefficient (Wildman–Crippen LogP) is 3.17. The van der Waals surface area contributed by atoms with Crippen LogP contribution >= 0.6 is 11.6 Å². The smallest absolute Gasteiger partial charge is 0.254 e. The van der Waals surface area contributed by atoms with Gasteiger partial charge in [-0.15, -0.1) is 0 Å². The van der Waals surface area contributed by atoms with E-state index in [1.54, 1.807) is 24.3 Å². The number of piperazine rings is 1. The number of hydrogen-bond donors (Lipinski definition) is 0. The molecule has 2 aromatic carbocycles. The molecule has 116 valence electrons. The monoisotopic (exact) mass is 325 g/mol. The van der Waals surface area contributed by atoms with E-state index in [2.05, 4.69) is 11.0 Å². The first-order valence-corrected chi connectivity index (χ1v) is 7.85. The van der Waals surface area contributed by atoms with E-state index in [0.29, 0.717) is 29.2 Å². The molecule has 0 unspecified atom stereocenters. The van der Waals surface area contributed by atoms with Gasteiger partial charge in [-0.1, -0.05) is 17.7 Å². The SMILES string of the molecule is N#Cc1ccc(N2CCN(C(=O)c3cccc(Cl)c3)CC2)cc1. The molecular weight excluding hydrogens is 310 g/mol. The van der Waals surface area contributed by atoms with E-state index in [1.165, 1.54) is 0 Å². The molecule has 0 aliphatic carbocycles. The molecule has 2 aromatic rings. The second-order valence-corrected chi connectivity index (χ2v) is 5.88. The van der Waals surface area contributed by atoms with Crippen molar-refractivity contribution in [2.75, 3.05) is 31.1 Å². The summed E-state index contributed by atoms with van der Waals surface area (Å²) in [6.45, 7) is 2.90. The van der Waals surface area contributed by atoms with Gasteiger partial charge in [0.15, 0.2) is 0 Å². The number of hydrogen-bond acceptors (Lipinski definition) is 3. The number of carbonyl (C=O) groups is 1. The second kappa shape index (κ2) is 6.72. The first-order chi connectivity index (χ1) is 11.2. The molecule has 0 bridgehead atoms. The maximum absolute atomic E-state index is 12.5. The van der Waals surface area contributed by atoms with Crippen LogP contribution in [0.15, 0.2) is 48.5 Å². The summed E-state index contributed by atoms with van der Waals surface area (Å²) in [5.41, 5.74) is 2.37. The lowest BCUT2D eigenvalue weighted by Gasteiger charge is -2.36. The van der Waals surface area contributed by atoms with E-state index in [4.69, 9.17) is 16.9 Å². The first-order valence-electron chi connectivity index (χ1n) is 7.47. The topological polar surface area (TPSA) is 47.3 Å². The molecule has 0 radical (unpaired) electrons. The number of nitrogens with zero attached hydrogens (tertiary/aromatic N) is 3. The molecule has 1 aliphatic rings. The predicted molar refractivity (Wildman–Crippen MR) is 90.7 cm³/mol. The van der Waals surface area contributed by atoms with Crippen LogP contribution in [0.25, 0.3) is 0 Å². The van der Waals surface area contributed by atoms with Crippen molar-refractivity contribution >= 4 is 23.2 Å². The van der Waals surface area contributed by atoms with Gasteiger partial charge in [0.25, 0.3) is 5.91 Å². The van der Waals surface area contributed by atoms with Crippen molar-refractivity contribution in [2.24, 2.45) is 0 Å². The van der Waals surface area contributed by atoms with Crippen LogP contribution in [0.4, 0.5) is 5.69 Å². The summed E-state index contributed by atoms with van der Waals surface area (Å²) in [5, 5.41) is 9.42. The second-order valence-electron chi connectivity index (χ2n) is 5.45. The largest absolute Gasteiger partial charge is 0.368 e. The highest BCUT2D eigenvalue weighted by molar-refractivity contribution is 6.30. The molecule has 1 saturated heterocycles. The molecule has 1 amide bonds. The Balaban J connectivity index is 1.64. The Morgan fingerprint density at radius 1 is 1.04 bits per heavy atom. The molecule has 0 atom stereocenters. The molecule has 4 nitrogen and oxygen atoms in total. The summed E-state index contributed by atoms with van der Waals surface area (Å²) in [7, 11) is 0. The van der Waals surface area contributed by atoms with Crippen molar-refractivity contribution in [1.29, 1.82) is 5.26 Å². The van der Waals surface area contributed by atoms with Gasteiger partial charge >= 0.3 is 0 Å². The number of rotatable bonds is 2. The molecule has 0 N–H and O–H groups in total. The minimum atomic E-state index is 0.0204. The summed E-state index contributed by atoms with van der Waals surface area (Å²) in [6.07, 6.45) is 0. The van der Waals surface area contributed by atoms with E-state index in [0.717, 1.165) is 18.8 Å². The van der Waals surface area contributed by atoms with Crippen molar-refractivity contribution in [3.8, 4) is 6.07 Å². The zero-order valence-corrected chi connectivity index (χ0v) is 13.3. The molecule has 1 fully saturated rings. The summed E-state index contributed by atoms with van der Waals surface area (Å²) in [4.78, 5) is 16.6. The van der Waals surface area contributed by atoms with E-state index in [1.807, 2.05) is 29.2 Å². The maximum atomic E-state index is 12.5. The van der Waals surface area contributed by atoms with Crippen LogP contribution < -0.4 is 4.90 Å². The van der Waals surface area contributed by atoms with Crippen LogP contribution in [0.1, 0.15) is 15.9 Å². The molecule has 1 aliphatic heterocycles. The fourth-order valence-corrected chi connectivity index (χ4v) is 2.91. The number of halogens is 1. The molecule has 1 heterocycles. The first kappa shape index (κ1) is 15.4. The highest BCUT2D eigenvalue weighted by atomic mass is 35.5. The summed E-state index contributed by atoms with van der Waals surface area (Å²) >= 11 is 5.95. The van der Waals surface area contributed by atoms with Crippen molar-refractivity contribution in [1.82, 2.24) is 4.90 Å². The number of amides is 1. The Morgan fingerprint density at radius 2 is 1.74 bits per heavy atom. The van der Waals surface area contributed by atoms with Gasteiger partial charge in [-0.3, -0.25) is 4.79 Å². The van der Waals surface area contributed by atoms with Crippen LogP contribution in [0.5, 0.6) is 0 Å². The van der Waals surface area contributed by atoms with Gasteiger partial charge in [-0.25, -0.2) is 0 Å². The van der Waals surface area contributed by atoms with Crippen LogP contribution in [0, 0.1) is 11.3 Å². The fraction of sp³-hybridized carbons (Fsp3) is 0.222. The fourth-order valence-electron chi connectivity index (χ4n) is 2.72. The van der Waals surface area contributed by atoms with Crippen LogP contribution in [-0.2, 0) is 0 Å². The van der Waals surface area contributed by atoms with Gasteiger partial charge < -0.3 is 9.80 Å². The molecule has 0 aromatic heterocycles. The third-order valence-electron chi connectivity index (χ3n) is 4.00. The Morgan fingerprint density at radius 3 is 2.35 bits per heavy atom. The zero-order valence-electron chi connectivity index (χ0n) is 12.6. The van der Waals surface area contributed by atoms with Crippen molar-refractivity contribution < 1.29 is 4.79 Å². The van der Waals surface area contributed by atoms with Crippen LogP contribution in [-0.4, -0.2) is 37.0 Å². The number of anilines is 1. The lowest BCUT2D eigenvalue weighted by atomic mass is 10.1. The number of carbonyl (C=O) groups excluding carboxylic acids is 1. The third kappa shape index (κ3) is 3.46. The van der Waals surface area contributed by atoms with Crippen molar-refractivity contribution in [3.05, 3.63) is 64.7 Å². The Bertz CT molecular complexity index is 744. The molecule has 0 spiro atoms. The minimum absolute atomic E-state index is 0.0204. The van der Waals surface area contributed by atoms with E-state index in [-0.39, 0.29) is 5.91 Å². The Labute approximate surface area is 140 Å². The highest BCUT2D eigenvalue weighted by Crippen LogP contribution is 2.19. The van der Waals surface area contributed by atoms with Gasteiger partial charge in [-0.2, -0.15) is 5.26 Å². The molecule has 5 heteroatoms. The average Bonchev–Trinajstić information content (AvgIpc) is 2.61. The van der Waals surface area contributed by atoms with E-state index in [9.17, 15) is 4.79 Å². The van der Waals surface area contributed by atoms with Gasteiger partial charge in [0.05, 0.1) is 11.6 Å². The third-order valence-corrected chi connectivity index (χ3v) is 4.24. The number of benzene rings is 2. The van der Waals surface area contributed by atoms with E-state index >= 15 is 0 Å². The zero-order chi connectivity index (χ0) is 16.2. The Hall–Kier alpha value is -2.51. The van der Waals surface area contributed by atoms with Gasteiger partial charge in [0.1, 0.15) is 0 Å². The number of nitriles is 1. The lowest BCUT2D eigenvalue weighted by Crippen LogP contribution is -2.48. The normalized spacial score (nSPS) is 14.4. The summed E-state index contributed by atoms with van der Waals surface area (Å²) in [5.74, 6) is 0.0204. The van der Waals surface area contributed by atoms with Gasteiger partial charge in [0, 0.05) is 42.5 Å². The van der Waals surface area contributed by atoms with Crippen molar-refractivity contribution in [2.45, 2.75) is 0 Å². The Kier molecular flexibility index (Phi) is 4.50. The van der Waals surface area contributed by atoms with Crippen LogP contribution in [0.2, 0.25) is 5.02 Å². The maximum Gasteiger partial charge on any atom is 0.254 e. The van der Waals surface area contributed by atoms with E-state index < -0.39 is 0 Å². The average molecular weight is 326 g/mol. The van der Waals surface area contributed by atoms with Crippen molar-refractivity contribution in [3.63, 3.8) is 0 Å². The lowest BCUT2D eigenvalue weighted by molar-refractivity contribution is 0.0747. The standard InChI is InChI=1S/C18H16ClN3O/c19-16-3-1-2-15(12-16)18(23)22-10-8-21(9-11-22)17-6-4-14(13-20)5-7-17/h1-7,12H,8-11H2. The molecule has 0 saturated carbocycles. The van der Waals surface area contributed by atoms with Gasteiger partial charge in [0.2, 0.25) is 0 Å². The molecular formula is C18H16ClN3O. The quantitative estimate of drug-likeness (QED) is 0.852. The summed E-state index contributed by atoms with van der Waals surface area (Å²) in [6, 6.07) is 16.7. The highest BCUT2D eigenvalue weighted by Gasteiger charge is 2.22. The summed E-state index contributed by atoms with van der Waals surface area (Å²) < 4.78 is 0. The molecule has 3 rings (SSSR count). The van der Waals surface area contributed by atoms with Crippen LogP contribution in [0.3, 0.4) is 0 Å². The minimum Gasteiger partial charge on any atom is -0.368 e.